The van der Waals surface area contributed by atoms with E-state index in [0.29, 0.717) is 5.70 Å². The van der Waals surface area contributed by atoms with Gasteiger partial charge in [-0.3, -0.25) is 0 Å². The number of nitrogens with zero attached hydrogens (tertiary/aromatic N) is 4. The third-order valence-corrected chi connectivity index (χ3v) is 1.16. The Morgan fingerprint density at radius 2 is 2.15 bits per heavy atom. The summed E-state index contributed by atoms with van der Waals surface area (Å²) in [6.45, 7) is 0. The first-order valence-electron chi connectivity index (χ1n) is 3.45. The lowest BCUT2D eigenvalue weighted by Crippen LogP contribution is -1.92. The van der Waals surface area contributed by atoms with Gasteiger partial charge in [0.15, 0.2) is 0 Å². The van der Waals surface area contributed by atoms with E-state index < -0.39 is 6.04 Å². The molecule has 0 aromatic carbocycles. The number of allylic oxidation sites excluding steroid dienone is 3. The average Bonchev–Trinajstić information content (AvgIpc) is 2.21. The van der Waals surface area contributed by atoms with Crippen LogP contribution in [0.1, 0.15) is 0 Å². The molecule has 0 N–H and O–H groups in total. The molecule has 13 heavy (non-hydrogen) atoms. The zero-order valence-electron chi connectivity index (χ0n) is 6.60. The third-order valence-electron chi connectivity index (χ3n) is 1.16. The molecule has 0 fully saturated rings. The molecule has 0 unspecified atom stereocenters. The molecule has 60 valence electrons. The first-order valence-corrected chi connectivity index (χ1v) is 3.45. The van der Waals surface area contributed by atoms with Gasteiger partial charge in [0.25, 0.3) is 0 Å². The molecule has 1 aliphatic carbocycles. The lowest BCUT2D eigenvalue weighted by molar-refractivity contribution is 0.932. The summed E-state index contributed by atoms with van der Waals surface area (Å²) in [4.78, 5) is 0. The fourth-order valence-corrected chi connectivity index (χ4v) is 0.603. The molecule has 0 atom stereocenters. The quantitative estimate of drug-likeness (QED) is 0.464. The van der Waals surface area contributed by atoms with E-state index in [1.807, 2.05) is 0 Å². The molecule has 1 rings (SSSR count). The van der Waals surface area contributed by atoms with Crippen molar-refractivity contribution >= 4 is 0 Å². The van der Waals surface area contributed by atoms with Crippen LogP contribution in [0, 0.1) is 22.7 Å². The maximum Gasteiger partial charge on any atom is 0.242 e. The Hall–Kier alpha value is -2.38. The van der Waals surface area contributed by atoms with Crippen LogP contribution >= 0.6 is 0 Å². The van der Waals surface area contributed by atoms with Gasteiger partial charge < -0.3 is 0 Å². The number of hydrogen-bond acceptors (Lipinski definition) is 4. The maximum absolute atomic E-state index is 8.36. The van der Waals surface area contributed by atoms with Gasteiger partial charge in [-0.25, -0.2) is 0 Å². The Labute approximate surface area is 75.1 Å². The van der Waals surface area contributed by atoms with Crippen molar-refractivity contribution in [2.75, 3.05) is 0 Å². The standard InChI is InChI=1S/C9H4N4/c10-6-9(7-11)13-12-8-4-2-1-3-5-8/h1-2,4,9H. The highest BCUT2D eigenvalue weighted by atomic mass is 15.1. The number of nitriles is 2. The van der Waals surface area contributed by atoms with Gasteiger partial charge in [-0.05, 0) is 17.9 Å². The summed E-state index contributed by atoms with van der Waals surface area (Å²) >= 11 is 0. The monoisotopic (exact) mass is 168 g/mol. The van der Waals surface area contributed by atoms with E-state index in [9.17, 15) is 0 Å². The number of azo groups is 1. The molecular formula is C9H4N4. The second kappa shape index (κ2) is 4.49. The molecule has 0 aromatic heterocycles. The van der Waals surface area contributed by atoms with Gasteiger partial charge in [-0.2, -0.15) is 15.6 Å². The lowest BCUT2D eigenvalue weighted by atomic mass is 10.3. The lowest BCUT2D eigenvalue weighted by Gasteiger charge is -1.89. The fourth-order valence-electron chi connectivity index (χ4n) is 0.603. The molecule has 0 bridgehead atoms. The predicted octanol–water partition coefficient (Wildman–Crippen LogP) is 1.62. The summed E-state index contributed by atoms with van der Waals surface area (Å²) in [6.07, 6.45) is 5.05. The molecular weight excluding hydrogens is 164 g/mol. The number of rotatable bonds is 2. The average molecular weight is 168 g/mol. The van der Waals surface area contributed by atoms with E-state index >= 15 is 0 Å². The Morgan fingerprint density at radius 1 is 1.38 bits per heavy atom. The first kappa shape index (κ1) is 8.71. The molecule has 0 heterocycles. The zero-order valence-corrected chi connectivity index (χ0v) is 6.60. The molecule has 1 aliphatic rings. The van der Waals surface area contributed by atoms with Crippen molar-refractivity contribution in [3.63, 3.8) is 0 Å². The third kappa shape index (κ3) is 2.61. The van der Waals surface area contributed by atoms with Crippen molar-refractivity contribution in [1.82, 2.24) is 0 Å². The highest BCUT2D eigenvalue weighted by molar-refractivity contribution is 5.24. The summed E-state index contributed by atoms with van der Waals surface area (Å²) in [5, 5.41) is 23.8. The predicted molar refractivity (Wildman–Crippen MR) is 44.1 cm³/mol. The van der Waals surface area contributed by atoms with Gasteiger partial charge in [0.2, 0.25) is 6.04 Å². The molecule has 4 heteroatoms. The smallest absolute Gasteiger partial charge is 0.195 e. The van der Waals surface area contributed by atoms with Crippen molar-refractivity contribution in [3.8, 4) is 12.1 Å². The summed E-state index contributed by atoms with van der Waals surface area (Å²) < 4.78 is 0. The fraction of sp³-hybridized carbons (Fsp3) is 0.111. The van der Waals surface area contributed by atoms with Crippen LogP contribution in [0.5, 0.6) is 0 Å². The van der Waals surface area contributed by atoms with E-state index in [1.54, 1.807) is 30.4 Å². The van der Waals surface area contributed by atoms with E-state index in [2.05, 4.69) is 21.7 Å². The molecule has 0 amide bonds. The summed E-state index contributed by atoms with van der Waals surface area (Å²) in [6, 6.07) is 2.31. The zero-order chi connectivity index (χ0) is 9.52. The molecule has 0 aromatic rings. The van der Waals surface area contributed by atoms with Gasteiger partial charge in [-0.15, -0.1) is 5.11 Å². The van der Waals surface area contributed by atoms with E-state index in [0.717, 1.165) is 0 Å². The van der Waals surface area contributed by atoms with Crippen LogP contribution in [0.2, 0.25) is 0 Å². The van der Waals surface area contributed by atoms with Crippen LogP contribution in [0.3, 0.4) is 0 Å². The van der Waals surface area contributed by atoms with Crippen LogP contribution in [0.25, 0.3) is 0 Å². The molecule has 0 spiro atoms. The van der Waals surface area contributed by atoms with Gasteiger partial charge in [0.05, 0.1) is 0 Å². The number of hydrogen-bond donors (Lipinski definition) is 0. The largest absolute Gasteiger partial charge is 0.242 e. The van der Waals surface area contributed by atoms with Crippen molar-refractivity contribution in [2.24, 2.45) is 10.2 Å². The molecule has 0 saturated heterocycles. The van der Waals surface area contributed by atoms with Crippen molar-refractivity contribution in [3.05, 3.63) is 35.4 Å². The minimum Gasteiger partial charge on any atom is -0.195 e. The Kier molecular flexibility index (Phi) is 3.01. The molecule has 0 saturated carbocycles. The highest BCUT2D eigenvalue weighted by Gasteiger charge is 2.00. The Balaban J connectivity index is 2.76. The van der Waals surface area contributed by atoms with Crippen LogP contribution in [0.15, 0.2) is 45.6 Å². The minimum absolute atomic E-state index is 0.456. The highest BCUT2D eigenvalue weighted by Crippen LogP contribution is 2.02. The van der Waals surface area contributed by atoms with Crippen molar-refractivity contribution < 1.29 is 0 Å². The van der Waals surface area contributed by atoms with Crippen molar-refractivity contribution in [1.29, 1.82) is 10.5 Å². The Morgan fingerprint density at radius 3 is 2.69 bits per heavy atom. The summed E-state index contributed by atoms with van der Waals surface area (Å²) in [5.41, 5.74) is 5.80. The van der Waals surface area contributed by atoms with Gasteiger partial charge in [0.1, 0.15) is 17.8 Å². The van der Waals surface area contributed by atoms with E-state index in [-0.39, 0.29) is 0 Å². The Bertz CT molecular complexity index is 415. The maximum atomic E-state index is 8.36. The van der Waals surface area contributed by atoms with Crippen LogP contribution in [0.4, 0.5) is 0 Å². The van der Waals surface area contributed by atoms with E-state index in [4.69, 9.17) is 10.5 Å². The normalized spacial score (nSPS) is 13.0. The molecule has 0 radical (unpaired) electrons. The summed E-state index contributed by atoms with van der Waals surface area (Å²) in [5.74, 6) is 0. The second-order valence-electron chi connectivity index (χ2n) is 2.06. The van der Waals surface area contributed by atoms with Gasteiger partial charge in [0, 0.05) is 0 Å². The minimum atomic E-state index is -1.05. The molecule has 4 nitrogen and oxygen atoms in total. The van der Waals surface area contributed by atoms with Gasteiger partial charge >= 0.3 is 0 Å². The van der Waals surface area contributed by atoms with Crippen molar-refractivity contribution in [2.45, 2.75) is 6.04 Å². The molecule has 0 aliphatic heterocycles. The van der Waals surface area contributed by atoms with E-state index in [1.165, 1.54) is 0 Å². The van der Waals surface area contributed by atoms with Crippen LogP contribution in [-0.4, -0.2) is 6.04 Å². The second-order valence-corrected chi connectivity index (χ2v) is 2.06. The SMILES string of the molecule is N#CC(C#N)N=NC1=C=C=CC=C1. The van der Waals surface area contributed by atoms with Crippen LogP contribution in [-0.2, 0) is 0 Å². The van der Waals surface area contributed by atoms with Gasteiger partial charge in [-0.1, -0.05) is 11.8 Å². The summed E-state index contributed by atoms with van der Waals surface area (Å²) in [7, 11) is 0. The topological polar surface area (TPSA) is 72.3 Å². The van der Waals surface area contributed by atoms with Crippen LogP contribution < -0.4 is 0 Å². The first-order chi connectivity index (χ1) is 6.36.